The molecule has 0 fully saturated rings. The molecule has 0 radical (unpaired) electrons. The first-order chi connectivity index (χ1) is 6.31. The molecule has 0 spiro atoms. The van der Waals surface area contributed by atoms with Crippen molar-refractivity contribution in [2.75, 3.05) is 0 Å². The van der Waals surface area contributed by atoms with Crippen molar-refractivity contribution in [1.29, 1.82) is 0 Å². The minimum Gasteiger partial charge on any atom is -0.326 e. The van der Waals surface area contributed by atoms with Gasteiger partial charge in [-0.15, -0.1) is 0 Å². The third kappa shape index (κ3) is 1.50. The van der Waals surface area contributed by atoms with Crippen LogP contribution in [0.15, 0.2) is 30.6 Å². The third-order valence-corrected chi connectivity index (χ3v) is 2.26. The molecule has 0 unspecified atom stereocenters. The average molecular weight is 193 g/mol. The Labute approximate surface area is 81.3 Å². The van der Waals surface area contributed by atoms with Crippen LogP contribution in [0.1, 0.15) is 5.56 Å². The molecule has 0 aliphatic carbocycles. The van der Waals surface area contributed by atoms with E-state index in [0.717, 1.165) is 21.4 Å². The van der Waals surface area contributed by atoms with Crippen LogP contribution in [0.3, 0.4) is 0 Å². The van der Waals surface area contributed by atoms with E-state index in [1.54, 1.807) is 12.4 Å². The molecule has 0 aliphatic heterocycles. The summed E-state index contributed by atoms with van der Waals surface area (Å²) < 4.78 is 0. The number of aromatic nitrogens is 1. The second kappa shape index (κ2) is 3.32. The lowest BCUT2D eigenvalue weighted by atomic mass is 10.1. The predicted molar refractivity (Wildman–Crippen MR) is 54.6 cm³/mol. The van der Waals surface area contributed by atoms with Gasteiger partial charge >= 0.3 is 0 Å². The van der Waals surface area contributed by atoms with E-state index in [2.05, 4.69) is 4.98 Å². The summed E-state index contributed by atoms with van der Waals surface area (Å²) in [5.41, 5.74) is 6.63. The van der Waals surface area contributed by atoms with Crippen molar-refractivity contribution in [3.05, 3.63) is 41.2 Å². The topological polar surface area (TPSA) is 38.9 Å². The van der Waals surface area contributed by atoms with Crippen molar-refractivity contribution in [3.8, 4) is 0 Å². The number of benzene rings is 1. The molecule has 3 heteroatoms. The number of nitrogens with two attached hydrogens (primary N) is 1. The van der Waals surface area contributed by atoms with Gasteiger partial charge < -0.3 is 5.73 Å². The van der Waals surface area contributed by atoms with Crippen molar-refractivity contribution in [2.45, 2.75) is 6.54 Å². The van der Waals surface area contributed by atoms with Gasteiger partial charge in [0.1, 0.15) is 0 Å². The Morgan fingerprint density at radius 1 is 1.31 bits per heavy atom. The first kappa shape index (κ1) is 8.48. The van der Waals surface area contributed by atoms with E-state index in [1.165, 1.54) is 0 Å². The van der Waals surface area contributed by atoms with Crippen LogP contribution in [-0.4, -0.2) is 4.98 Å². The molecule has 0 saturated heterocycles. The summed E-state index contributed by atoms with van der Waals surface area (Å²) in [6, 6.07) is 5.73. The molecule has 2 rings (SSSR count). The van der Waals surface area contributed by atoms with Crippen molar-refractivity contribution < 1.29 is 0 Å². The van der Waals surface area contributed by atoms with E-state index in [0.29, 0.717) is 6.54 Å². The molecule has 0 saturated carbocycles. The molecule has 0 bridgehead atoms. The molecule has 2 N–H and O–H groups in total. The standard InChI is InChI=1S/C10H9ClN2/c11-9-1-2-10-7(3-9)5-13-6-8(10)4-12/h1-3,5-6H,4,12H2. The van der Waals surface area contributed by atoms with Crippen LogP contribution in [0.2, 0.25) is 5.02 Å². The maximum atomic E-state index is 5.86. The Hall–Kier alpha value is -1.12. The summed E-state index contributed by atoms with van der Waals surface area (Å²) in [5.74, 6) is 0. The summed E-state index contributed by atoms with van der Waals surface area (Å²) in [5, 5.41) is 2.89. The first-order valence-electron chi connectivity index (χ1n) is 4.03. The number of nitrogens with zero attached hydrogens (tertiary/aromatic N) is 1. The lowest BCUT2D eigenvalue weighted by molar-refractivity contribution is 1.07. The third-order valence-electron chi connectivity index (χ3n) is 2.02. The molecular weight excluding hydrogens is 184 g/mol. The van der Waals surface area contributed by atoms with Gasteiger partial charge in [0.2, 0.25) is 0 Å². The lowest BCUT2D eigenvalue weighted by Crippen LogP contribution is -1.97. The quantitative estimate of drug-likeness (QED) is 0.754. The summed E-state index contributed by atoms with van der Waals surface area (Å²) >= 11 is 5.86. The molecular formula is C10H9ClN2. The molecule has 0 aliphatic rings. The maximum absolute atomic E-state index is 5.86. The smallest absolute Gasteiger partial charge is 0.0412 e. The lowest BCUT2D eigenvalue weighted by Gasteiger charge is -2.02. The zero-order valence-corrected chi connectivity index (χ0v) is 7.75. The molecule has 1 aromatic heterocycles. The highest BCUT2D eigenvalue weighted by Gasteiger charge is 1.99. The van der Waals surface area contributed by atoms with Crippen LogP contribution >= 0.6 is 11.6 Å². The van der Waals surface area contributed by atoms with E-state index in [9.17, 15) is 0 Å². The molecule has 1 heterocycles. The molecule has 0 amide bonds. The summed E-state index contributed by atoms with van der Waals surface area (Å²) in [6.45, 7) is 0.506. The van der Waals surface area contributed by atoms with Gasteiger partial charge in [-0.2, -0.15) is 0 Å². The van der Waals surface area contributed by atoms with Crippen molar-refractivity contribution in [3.63, 3.8) is 0 Å². The second-order valence-electron chi connectivity index (χ2n) is 2.87. The Balaban J connectivity index is 2.77. The van der Waals surface area contributed by atoms with Gasteiger partial charge in [-0.3, -0.25) is 4.98 Å². The largest absolute Gasteiger partial charge is 0.326 e. The van der Waals surface area contributed by atoms with E-state index >= 15 is 0 Å². The van der Waals surface area contributed by atoms with Gasteiger partial charge in [-0.05, 0) is 23.1 Å². The Morgan fingerprint density at radius 2 is 2.15 bits per heavy atom. The first-order valence-corrected chi connectivity index (χ1v) is 4.41. The second-order valence-corrected chi connectivity index (χ2v) is 3.30. The van der Waals surface area contributed by atoms with Crippen molar-refractivity contribution >= 4 is 22.4 Å². The monoisotopic (exact) mass is 192 g/mol. The van der Waals surface area contributed by atoms with Crippen molar-refractivity contribution in [1.82, 2.24) is 4.98 Å². The van der Waals surface area contributed by atoms with Gasteiger partial charge in [0.25, 0.3) is 0 Å². The molecule has 0 atom stereocenters. The van der Waals surface area contributed by atoms with E-state index in [-0.39, 0.29) is 0 Å². The predicted octanol–water partition coefficient (Wildman–Crippen LogP) is 2.35. The number of fused-ring (bicyclic) bond motifs is 1. The maximum Gasteiger partial charge on any atom is 0.0412 e. The van der Waals surface area contributed by atoms with Gasteiger partial charge in [0.05, 0.1) is 0 Å². The Kier molecular flexibility index (Phi) is 2.17. The van der Waals surface area contributed by atoms with E-state index < -0.39 is 0 Å². The number of hydrogen-bond acceptors (Lipinski definition) is 2. The molecule has 2 nitrogen and oxygen atoms in total. The minimum atomic E-state index is 0.506. The van der Waals surface area contributed by atoms with Crippen LogP contribution in [-0.2, 0) is 6.54 Å². The summed E-state index contributed by atoms with van der Waals surface area (Å²) in [7, 11) is 0. The zero-order chi connectivity index (χ0) is 9.26. The van der Waals surface area contributed by atoms with Gasteiger partial charge in [0, 0.05) is 29.3 Å². The van der Waals surface area contributed by atoms with Gasteiger partial charge in [-0.1, -0.05) is 17.7 Å². The molecule has 1 aromatic carbocycles. The zero-order valence-electron chi connectivity index (χ0n) is 7.00. The number of halogens is 1. The average Bonchev–Trinajstić information content (AvgIpc) is 2.16. The van der Waals surface area contributed by atoms with E-state index in [4.69, 9.17) is 17.3 Å². The van der Waals surface area contributed by atoms with Gasteiger partial charge in [-0.25, -0.2) is 0 Å². The summed E-state index contributed by atoms with van der Waals surface area (Å²) in [6.07, 6.45) is 3.58. The number of rotatable bonds is 1. The highest BCUT2D eigenvalue weighted by Crippen LogP contribution is 2.20. The Morgan fingerprint density at radius 3 is 2.92 bits per heavy atom. The van der Waals surface area contributed by atoms with Crippen LogP contribution in [0.4, 0.5) is 0 Å². The van der Waals surface area contributed by atoms with Crippen LogP contribution in [0.5, 0.6) is 0 Å². The minimum absolute atomic E-state index is 0.506. The highest BCUT2D eigenvalue weighted by atomic mass is 35.5. The Bertz CT molecular complexity index is 440. The number of hydrogen-bond donors (Lipinski definition) is 1. The van der Waals surface area contributed by atoms with Gasteiger partial charge in [0.15, 0.2) is 0 Å². The van der Waals surface area contributed by atoms with Crippen molar-refractivity contribution in [2.24, 2.45) is 5.73 Å². The molecule has 2 aromatic rings. The fraction of sp³-hybridized carbons (Fsp3) is 0.100. The fourth-order valence-electron chi connectivity index (χ4n) is 1.37. The highest BCUT2D eigenvalue weighted by molar-refractivity contribution is 6.31. The van der Waals surface area contributed by atoms with Crippen LogP contribution < -0.4 is 5.73 Å². The SMILES string of the molecule is NCc1cncc2cc(Cl)ccc12. The fourth-order valence-corrected chi connectivity index (χ4v) is 1.55. The molecule has 66 valence electrons. The van der Waals surface area contributed by atoms with Crippen LogP contribution in [0, 0.1) is 0 Å². The number of pyridine rings is 1. The normalized spacial score (nSPS) is 10.6. The summed E-state index contributed by atoms with van der Waals surface area (Å²) in [4.78, 5) is 4.09. The molecule has 13 heavy (non-hydrogen) atoms. The van der Waals surface area contributed by atoms with Crippen LogP contribution in [0.25, 0.3) is 10.8 Å². The van der Waals surface area contributed by atoms with E-state index in [1.807, 2.05) is 18.2 Å².